The van der Waals surface area contributed by atoms with Gasteiger partial charge in [0.25, 0.3) is 0 Å². The van der Waals surface area contributed by atoms with Crippen molar-refractivity contribution in [2.75, 3.05) is 13.2 Å². The summed E-state index contributed by atoms with van der Waals surface area (Å²) >= 11 is 5.22. The van der Waals surface area contributed by atoms with Crippen molar-refractivity contribution in [3.05, 3.63) is 0 Å². The van der Waals surface area contributed by atoms with Crippen LogP contribution in [0.2, 0.25) is 0 Å². The number of aliphatic hydroxyl groups excluding tert-OH is 1. The first-order chi connectivity index (χ1) is 7.29. The van der Waals surface area contributed by atoms with Gasteiger partial charge in [0.15, 0.2) is 5.11 Å². The quantitative estimate of drug-likeness (QED) is 0.496. The predicted molar refractivity (Wildman–Crippen MR) is 64.7 cm³/mol. The molecule has 0 spiro atoms. The third kappa shape index (κ3) is 2.82. The van der Waals surface area contributed by atoms with Crippen LogP contribution in [0, 0.1) is 11.8 Å². The van der Waals surface area contributed by atoms with E-state index in [1.54, 1.807) is 0 Å². The van der Waals surface area contributed by atoms with E-state index in [4.69, 9.17) is 17.3 Å². The number of fused-ring (bicyclic) bond motifs is 2. The largest absolute Gasteiger partial charge is 0.396 e. The van der Waals surface area contributed by atoms with Crippen molar-refractivity contribution in [3.63, 3.8) is 0 Å². The Morgan fingerprint density at radius 2 is 2.20 bits per heavy atom. The Morgan fingerprint density at radius 3 is 2.80 bits per heavy atom. The highest BCUT2D eigenvalue weighted by Gasteiger charge is 2.39. The zero-order valence-electron chi connectivity index (χ0n) is 9.04. The van der Waals surface area contributed by atoms with Gasteiger partial charge in [0.05, 0.1) is 0 Å². The average Bonchev–Trinajstić information content (AvgIpc) is 2.79. The van der Waals surface area contributed by atoms with Gasteiger partial charge >= 0.3 is 0 Å². The number of nitrogens with one attached hydrogen (secondary N) is 2. The summed E-state index contributed by atoms with van der Waals surface area (Å²) in [5, 5.41) is 15.9. The summed E-state index contributed by atoms with van der Waals surface area (Å²) in [4.78, 5) is 0. The summed E-state index contributed by atoms with van der Waals surface area (Å²) in [7, 11) is 0. The molecule has 2 saturated carbocycles. The first-order valence-electron chi connectivity index (χ1n) is 5.95. The van der Waals surface area contributed by atoms with Crippen LogP contribution in [0.15, 0.2) is 0 Å². The van der Waals surface area contributed by atoms with Crippen LogP contribution >= 0.6 is 12.2 Å². The molecule has 2 rings (SSSR count). The lowest BCUT2D eigenvalue weighted by molar-refractivity contribution is 0.289. The molecule has 0 aromatic carbocycles. The van der Waals surface area contributed by atoms with E-state index in [1.165, 1.54) is 25.7 Å². The Bertz CT molecular complexity index is 235. The Kier molecular flexibility index (Phi) is 3.81. The van der Waals surface area contributed by atoms with Crippen molar-refractivity contribution >= 4 is 17.3 Å². The maximum atomic E-state index is 8.65. The number of hydrogen-bond acceptors (Lipinski definition) is 2. The molecule has 0 radical (unpaired) electrons. The van der Waals surface area contributed by atoms with Crippen LogP contribution in [-0.4, -0.2) is 29.4 Å². The van der Waals surface area contributed by atoms with E-state index in [-0.39, 0.29) is 6.61 Å². The van der Waals surface area contributed by atoms with Gasteiger partial charge in [-0.1, -0.05) is 6.42 Å². The lowest BCUT2D eigenvalue weighted by Crippen LogP contribution is -2.44. The van der Waals surface area contributed by atoms with E-state index >= 15 is 0 Å². The maximum Gasteiger partial charge on any atom is 0.166 e. The van der Waals surface area contributed by atoms with Crippen molar-refractivity contribution in [1.82, 2.24) is 10.6 Å². The Balaban J connectivity index is 1.66. The van der Waals surface area contributed by atoms with Crippen LogP contribution in [0.1, 0.15) is 32.1 Å². The number of rotatable bonds is 4. The normalized spacial score (nSPS) is 33.0. The molecule has 0 heterocycles. The molecule has 0 aromatic heterocycles. The van der Waals surface area contributed by atoms with E-state index in [2.05, 4.69) is 10.6 Å². The first-order valence-corrected chi connectivity index (χ1v) is 6.35. The predicted octanol–water partition coefficient (Wildman–Crippen LogP) is 1.02. The summed E-state index contributed by atoms with van der Waals surface area (Å²) in [5.74, 6) is 1.81. The van der Waals surface area contributed by atoms with Gasteiger partial charge in [0.1, 0.15) is 0 Å². The molecule has 3 atom stereocenters. The number of hydrogen-bond donors (Lipinski definition) is 3. The van der Waals surface area contributed by atoms with Gasteiger partial charge in [0, 0.05) is 19.2 Å². The van der Waals surface area contributed by atoms with E-state index in [0.29, 0.717) is 6.04 Å². The van der Waals surface area contributed by atoms with Crippen molar-refractivity contribution in [2.24, 2.45) is 11.8 Å². The van der Waals surface area contributed by atoms with Gasteiger partial charge in [-0.2, -0.15) is 0 Å². The van der Waals surface area contributed by atoms with Crippen LogP contribution in [0.3, 0.4) is 0 Å². The molecule has 0 aliphatic heterocycles. The SMILES string of the molecule is OCCCNC(=S)N[C@H]1C[C@@H]2CC[C@@H]1C2. The van der Waals surface area contributed by atoms with Crippen molar-refractivity contribution in [3.8, 4) is 0 Å². The molecular weight excluding hydrogens is 208 g/mol. The second-order valence-electron chi connectivity index (χ2n) is 4.76. The van der Waals surface area contributed by atoms with Gasteiger partial charge in [-0.25, -0.2) is 0 Å². The van der Waals surface area contributed by atoms with Crippen LogP contribution < -0.4 is 10.6 Å². The zero-order valence-corrected chi connectivity index (χ0v) is 9.85. The maximum absolute atomic E-state index is 8.65. The number of thiocarbonyl (C=S) groups is 1. The van der Waals surface area contributed by atoms with E-state index in [0.717, 1.165) is 29.9 Å². The smallest absolute Gasteiger partial charge is 0.166 e. The van der Waals surface area contributed by atoms with Gasteiger partial charge in [-0.15, -0.1) is 0 Å². The van der Waals surface area contributed by atoms with Crippen molar-refractivity contribution < 1.29 is 5.11 Å². The van der Waals surface area contributed by atoms with Crippen LogP contribution in [-0.2, 0) is 0 Å². The number of aliphatic hydroxyl groups is 1. The first kappa shape index (κ1) is 11.1. The fourth-order valence-electron chi connectivity index (χ4n) is 2.92. The van der Waals surface area contributed by atoms with Gasteiger partial charge in [-0.3, -0.25) is 0 Å². The lowest BCUT2D eigenvalue weighted by Gasteiger charge is -2.24. The third-order valence-electron chi connectivity index (χ3n) is 3.68. The molecule has 3 N–H and O–H groups in total. The molecule has 3 nitrogen and oxygen atoms in total. The van der Waals surface area contributed by atoms with Gasteiger partial charge in [-0.05, 0) is 49.7 Å². The monoisotopic (exact) mass is 228 g/mol. The molecule has 15 heavy (non-hydrogen) atoms. The fourth-order valence-corrected chi connectivity index (χ4v) is 3.18. The van der Waals surface area contributed by atoms with Crippen molar-refractivity contribution in [1.29, 1.82) is 0 Å². The second-order valence-corrected chi connectivity index (χ2v) is 5.17. The molecule has 2 aliphatic rings. The zero-order chi connectivity index (χ0) is 10.7. The van der Waals surface area contributed by atoms with E-state index in [1.807, 2.05) is 0 Å². The summed E-state index contributed by atoms with van der Waals surface area (Å²) < 4.78 is 0. The minimum Gasteiger partial charge on any atom is -0.396 e. The summed E-state index contributed by atoms with van der Waals surface area (Å²) in [5.41, 5.74) is 0. The lowest BCUT2D eigenvalue weighted by atomic mass is 9.96. The summed E-state index contributed by atoms with van der Waals surface area (Å²) in [6.45, 7) is 0.993. The van der Waals surface area contributed by atoms with E-state index in [9.17, 15) is 0 Å². The van der Waals surface area contributed by atoms with Gasteiger partial charge < -0.3 is 15.7 Å². The second kappa shape index (κ2) is 5.12. The Hall–Kier alpha value is -0.350. The molecule has 0 saturated heterocycles. The topological polar surface area (TPSA) is 44.3 Å². The minimum atomic E-state index is 0.226. The highest BCUT2D eigenvalue weighted by atomic mass is 32.1. The molecule has 2 bridgehead atoms. The molecule has 2 aliphatic carbocycles. The molecule has 0 amide bonds. The highest BCUT2D eigenvalue weighted by molar-refractivity contribution is 7.80. The molecule has 86 valence electrons. The van der Waals surface area contributed by atoms with E-state index < -0.39 is 0 Å². The molecule has 0 unspecified atom stereocenters. The minimum absolute atomic E-state index is 0.226. The fraction of sp³-hybridized carbons (Fsp3) is 0.909. The molecule has 2 fully saturated rings. The van der Waals surface area contributed by atoms with Crippen molar-refractivity contribution in [2.45, 2.75) is 38.1 Å². The molecule has 0 aromatic rings. The third-order valence-corrected chi connectivity index (χ3v) is 3.94. The highest BCUT2D eigenvalue weighted by Crippen LogP contribution is 2.44. The summed E-state index contributed by atoms with van der Waals surface area (Å²) in [6.07, 6.45) is 6.26. The average molecular weight is 228 g/mol. The Labute approximate surface area is 96.6 Å². The standard InChI is InChI=1S/C11H20N2OS/c14-5-1-4-12-11(15)13-10-7-8-2-3-9(10)6-8/h8-10,14H,1-7H2,(H2,12,13,15)/t8-,9-,10+/m1/s1. The Morgan fingerprint density at radius 1 is 1.33 bits per heavy atom. The molecular formula is C11H20N2OS. The summed E-state index contributed by atoms with van der Waals surface area (Å²) in [6, 6.07) is 0.609. The molecule has 4 heteroatoms. The van der Waals surface area contributed by atoms with Crippen LogP contribution in [0.25, 0.3) is 0 Å². The van der Waals surface area contributed by atoms with Gasteiger partial charge in [0.2, 0.25) is 0 Å². The van der Waals surface area contributed by atoms with Crippen LogP contribution in [0.5, 0.6) is 0 Å². The van der Waals surface area contributed by atoms with Crippen LogP contribution in [0.4, 0.5) is 0 Å².